The van der Waals surface area contributed by atoms with E-state index < -0.39 is 10.0 Å². The van der Waals surface area contributed by atoms with Crippen molar-refractivity contribution < 1.29 is 17.9 Å². The van der Waals surface area contributed by atoms with Crippen molar-refractivity contribution in [3.05, 3.63) is 52.5 Å². The average molecular weight is 493 g/mol. The number of carbonyl (C=O) groups excluding carboxylic acids is 1. The van der Waals surface area contributed by atoms with Gasteiger partial charge in [0.1, 0.15) is 5.75 Å². The van der Waals surface area contributed by atoms with E-state index in [-0.39, 0.29) is 28.4 Å². The first-order valence-corrected chi connectivity index (χ1v) is 13.4. The number of sulfonamides is 1. The zero-order valence-electron chi connectivity index (χ0n) is 19.6. The van der Waals surface area contributed by atoms with Gasteiger partial charge in [0, 0.05) is 11.7 Å². The van der Waals surface area contributed by atoms with Gasteiger partial charge in [0.2, 0.25) is 15.9 Å². The third kappa shape index (κ3) is 5.89. The van der Waals surface area contributed by atoms with Crippen LogP contribution in [0.5, 0.6) is 5.75 Å². The number of aryl methyl sites for hydroxylation is 2. The van der Waals surface area contributed by atoms with Crippen molar-refractivity contribution >= 4 is 33.2 Å². The standard InChI is InChI=1S/C25H33ClN2O4S/c1-4-18-10-9-11-19(5-2)25(18)27-24(29)17-28(20-12-7-6-8-13-20)33(30,31)21-14-15-23(32-3)22(26)16-21/h9-11,14-16,20H,4-8,12-13,17H2,1-3H3,(H,27,29). The van der Waals surface area contributed by atoms with Crippen LogP contribution in [-0.4, -0.2) is 38.3 Å². The number of methoxy groups -OCH3 is 1. The van der Waals surface area contributed by atoms with Gasteiger partial charge in [0.15, 0.2) is 0 Å². The third-order valence-corrected chi connectivity index (χ3v) is 8.46. The first-order chi connectivity index (χ1) is 15.8. The normalized spacial score (nSPS) is 14.9. The molecule has 2 aromatic rings. The lowest BCUT2D eigenvalue weighted by Gasteiger charge is -2.33. The van der Waals surface area contributed by atoms with E-state index in [1.807, 2.05) is 32.0 Å². The predicted octanol–water partition coefficient (Wildman–Crippen LogP) is 5.44. The Kier molecular flexibility index (Phi) is 8.79. The molecule has 0 unspecified atom stereocenters. The monoisotopic (exact) mass is 492 g/mol. The summed E-state index contributed by atoms with van der Waals surface area (Å²) in [5.41, 5.74) is 2.87. The number of amides is 1. The molecule has 3 rings (SSSR count). The Labute approximate surface area is 202 Å². The van der Waals surface area contributed by atoms with E-state index in [0.29, 0.717) is 5.75 Å². The minimum absolute atomic E-state index is 0.0647. The highest BCUT2D eigenvalue weighted by atomic mass is 35.5. The second-order valence-corrected chi connectivity index (χ2v) is 10.6. The third-order valence-electron chi connectivity index (χ3n) is 6.27. The Bertz CT molecular complexity index is 1060. The molecule has 180 valence electrons. The molecule has 6 nitrogen and oxygen atoms in total. The van der Waals surface area contributed by atoms with Gasteiger partial charge in [-0.25, -0.2) is 8.42 Å². The number of hydrogen-bond acceptors (Lipinski definition) is 4. The van der Waals surface area contributed by atoms with Gasteiger partial charge in [-0.1, -0.05) is 62.9 Å². The molecule has 8 heteroatoms. The van der Waals surface area contributed by atoms with E-state index in [1.165, 1.54) is 23.5 Å². The molecule has 1 aliphatic carbocycles. The maximum absolute atomic E-state index is 13.7. The van der Waals surface area contributed by atoms with Crippen molar-refractivity contribution in [1.29, 1.82) is 0 Å². The molecule has 0 atom stereocenters. The minimum Gasteiger partial charge on any atom is -0.495 e. The summed E-state index contributed by atoms with van der Waals surface area (Å²) in [6, 6.07) is 10.2. The van der Waals surface area contributed by atoms with Crippen molar-refractivity contribution in [2.24, 2.45) is 0 Å². The minimum atomic E-state index is -3.93. The highest BCUT2D eigenvalue weighted by molar-refractivity contribution is 7.89. The molecule has 1 N–H and O–H groups in total. The van der Waals surface area contributed by atoms with Gasteiger partial charge in [-0.15, -0.1) is 0 Å². The first kappa shape index (κ1) is 25.5. The van der Waals surface area contributed by atoms with Crippen molar-refractivity contribution in [1.82, 2.24) is 4.31 Å². The topological polar surface area (TPSA) is 75.7 Å². The molecule has 1 amide bonds. The van der Waals surface area contributed by atoms with Crippen LogP contribution in [0.4, 0.5) is 5.69 Å². The van der Waals surface area contributed by atoms with Crippen molar-refractivity contribution in [2.45, 2.75) is 69.7 Å². The predicted molar refractivity (Wildman–Crippen MR) is 133 cm³/mol. The van der Waals surface area contributed by atoms with Gasteiger partial charge in [0.05, 0.1) is 23.6 Å². The lowest BCUT2D eigenvalue weighted by molar-refractivity contribution is -0.116. The molecule has 0 aromatic heterocycles. The summed E-state index contributed by atoms with van der Waals surface area (Å²) >= 11 is 6.22. The van der Waals surface area contributed by atoms with Gasteiger partial charge in [0.25, 0.3) is 0 Å². The lowest BCUT2D eigenvalue weighted by Crippen LogP contribution is -2.45. The number of ether oxygens (including phenoxy) is 1. The molecule has 0 bridgehead atoms. The number of para-hydroxylation sites is 1. The summed E-state index contributed by atoms with van der Waals surface area (Å²) < 4.78 is 33.8. The van der Waals surface area contributed by atoms with Gasteiger partial charge in [-0.05, 0) is 55.0 Å². The molecule has 0 spiro atoms. The molecule has 1 fully saturated rings. The number of nitrogens with zero attached hydrogens (tertiary/aromatic N) is 1. The summed E-state index contributed by atoms with van der Waals surface area (Å²) in [6.45, 7) is 3.84. The van der Waals surface area contributed by atoms with Crippen LogP contribution in [0.1, 0.15) is 57.1 Å². The van der Waals surface area contributed by atoms with Crippen LogP contribution in [0.3, 0.4) is 0 Å². The highest BCUT2D eigenvalue weighted by Crippen LogP contribution is 2.32. The van der Waals surface area contributed by atoms with Crippen LogP contribution in [0, 0.1) is 0 Å². The smallest absolute Gasteiger partial charge is 0.243 e. The molecular weight excluding hydrogens is 460 g/mol. The number of hydrogen-bond donors (Lipinski definition) is 1. The van der Waals surface area contributed by atoms with E-state index >= 15 is 0 Å². The fourth-order valence-corrected chi connectivity index (χ4v) is 6.44. The Morgan fingerprint density at radius 3 is 2.27 bits per heavy atom. The molecule has 1 saturated carbocycles. The Balaban J connectivity index is 1.92. The Morgan fingerprint density at radius 2 is 1.73 bits per heavy atom. The van der Waals surface area contributed by atoms with E-state index in [2.05, 4.69) is 5.32 Å². The summed E-state index contributed by atoms with van der Waals surface area (Å²) in [5.74, 6) is 0.0696. The number of anilines is 1. The van der Waals surface area contributed by atoms with Gasteiger partial charge >= 0.3 is 0 Å². The van der Waals surface area contributed by atoms with Crippen LogP contribution < -0.4 is 10.1 Å². The maximum atomic E-state index is 13.7. The molecule has 1 aliphatic rings. The number of carbonyl (C=O) groups is 1. The van der Waals surface area contributed by atoms with Crippen LogP contribution in [0.25, 0.3) is 0 Å². The average Bonchev–Trinajstić information content (AvgIpc) is 2.83. The SMILES string of the molecule is CCc1cccc(CC)c1NC(=O)CN(C1CCCCC1)S(=O)(=O)c1ccc(OC)c(Cl)c1. The van der Waals surface area contributed by atoms with E-state index in [0.717, 1.165) is 61.8 Å². The molecular formula is C25H33ClN2O4S. The quantitative estimate of drug-likeness (QED) is 0.506. The summed E-state index contributed by atoms with van der Waals surface area (Å²) in [6.07, 6.45) is 6.00. The largest absolute Gasteiger partial charge is 0.495 e. The number of halogens is 1. The van der Waals surface area contributed by atoms with Crippen LogP contribution in [0.2, 0.25) is 5.02 Å². The number of rotatable bonds is 9. The fraction of sp³-hybridized carbons (Fsp3) is 0.480. The Hall–Kier alpha value is -2.09. The maximum Gasteiger partial charge on any atom is 0.243 e. The summed E-state index contributed by atoms with van der Waals surface area (Å²) in [5, 5.41) is 3.23. The second-order valence-electron chi connectivity index (χ2n) is 8.34. The zero-order chi connectivity index (χ0) is 24.0. The Morgan fingerprint density at radius 1 is 1.09 bits per heavy atom. The van der Waals surface area contributed by atoms with Gasteiger partial charge < -0.3 is 10.1 Å². The number of benzene rings is 2. The van der Waals surface area contributed by atoms with Crippen LogP contribution >= 0.6 is 11.6 Å². The van der Waals surface area contributed by atoms with Crippen molar-refractivity contribution in [3.63, 3.8) is 0 Å². The molecule has 0 radical (unpaired) electrons. The molecule has 0 heterocycles. The summed E-state index contributed by atoms with van der Waals surface area (Å²) in [7, 11) is -2.46. The molecule has 2 aromatic carbocycles. The van der Waals surface area contributed by atoms with Gasteiger partial charge in [-0.3, -0.25) is 4.79 Å². The van der Waals surface area contributed by atoms with Crippen molar-refractivity contribution in [2.75, 3.05) is 19.0 Å². The molecule has 0 aliphatic heterocycles. The van der Waals surface area contributed by atoms with Gasteiger partial charge in [-0.2, -0.15) is 4.31 Å². The molecule has 33 heavy (non-hydrogen) atoms. The summed E-state index contributed by atoms with van der Waals surface area (Å²) in [4.78, 5) is 13.2. The lowest BCUT2D eigenvalue weighted by atomic mass is 9.95. The second kappa shape index (κ2) is 11.4. The van der Waals surface area contributed by atoms with E-state index in [9.17, 15) is 13.2 Å². The zero-order valence-corrected chi connectivity index (χ0v) is 21.1. The van der Waals surface area contributed by atoms with E-state index in [4.69, 9.17) is 16.3 Å². The van der Waals surface area contributed by atoms with Crippen LogP contribution in [-0.2, 0) is 27.7 Å². The van der Waals surface area contributed by atoms with E-state index in [1.54, 1.807) is 6.07 Å². The fourth-order valence-electron chi connectivity index (χ4n) is 4.45. The highest BCUT2D eigenvalue weighted by Gasteiger charge is 2.34. The molecule has 0 saturated heterocycles. The van der Waals surface area contributed by atoms with Crippen molar-refractivity contribution in [3.8, 4) is 5.75 Å². The number of nitrogens with one attached hydrogen (secondary N) is 1. The van der Waals surface area contributed by atoms with Crippen LogP contribution in [0.15, 0.2) is 41.3 Å². The first-order valence-electron chi connectivity index (χ1n) is 11.6.